The molecule has 0 bridgehead atoms. The second-order valence-corrected chi connectivity index (χ2v) is 6.00. The molecule has 0 unspecified atom stereocenters. The summed E-state index contributed by atoms with van der Waals surface area (Å²) in [6, 6.07) is 4.06. The number of carboxylic acid groups (broad SMARTS) is 1. The summed E-state index contributed by atoms with van der Waals surface area (Å²) in [5, 5.41) is 8.46. The zero-order valence-electron chi connectivity index (χ0n) is 10.9. The van der Waals surface area contributed by atoms with Crippen molar-refractivity contribution in [1.82, 2.24) is 4.72 Å². The van der Waals surface area contributed by atoms with E-state index in [1.807, 2.05) is 0 Å². The van der Waals surface area contributed by atoms with E-state index in [1.165, 1.54) is 18.2 Å². The van der Waals surface area contributed by atoms with Gasteiger partial charge in [-0.1, -0.05) is 6.07 Å². The minimum atomic E-state index is -3.78. The van der Waals surface area contributed by atoms with Gasteiger partial charge in [0.15, 0.2) is 0 Å². The maximum atomic E-state index is 12.0. The molecular weight excluding hydrogens is 284 g/mol. The number of benzene rings is 1. The molecule has 110 valence electrons. The highest BCUT2D eigenvalue weighted by atomic mass is 32.2. The summed E-state index contributed by atoms with van der Waals surface area (Å²) in [6.45, 7) is 1.66. The molecule has 0 fully saturated rings. The van der Waals surface area contributed by atoms with Crippen LogP contribution in [-0.4, -0.2) is 31.9 Å². The quantitative estimate of drug-likeness (QED) is 0.621. The number of primary amides is 1. The van der Waals surface area contributed by atoms with Crippen molar-refractivity contribution in [3.8, 4) is 0 Å². The highest BCUT2D eigenvalue weighted by molar-refractivity contribution is 7.89. The molecule has 0 aliphatic rings. The van der Waals surface area contributed by atoms with Crippen LogP contribution in [0.5, 0.6) is 0 Å². The maximum Gasteiger partial charge on any atom is 0.303 e. The standard InChI is InChI=1S/C12H16N2O5S/c1-8-4-5-9(7-10(8)12(13)17)20(18,19)14-6-2-3-11(15)16/h4-5,7,14H,2-3,6H2,1H3,(H2,13,17)(H,15,16). The third-order valence-electron chi connectivity index (χ3n) is 2.64. The first kappa shape index (κ1) is 16.1. The van der Waals surface area contributed by atoms with Crippen LogP contribution in [-0.2, 0) is 14.8 Å². The van der Waals surface area contributed by atoms with Gasteiger partial charge in [0.1, 0.15) is 0 Å². The number of hydrogen-bond acceptors (Lipinski definition) is 4. The lowest BCUT2D eigenvalue weighted by Crippen LogP contribution is -2.26. The van der Waals surface area contributed by atoms with Gasteiger partial charge < -0.3 is 10.8 Å². The Balaban J connectivity index is 2.85. The summed E-state index contributed by atoms with van der Waals surface area (Å²) in [5.74, 6) is -1.69. The average Bonchev–Trinajstić information content (AvgIpc) is 2.34. The largest absolute Gasteiger partial charge is 0.481 e. The van der Waals surface area contributed by atoms with E-state index in [0.29, 0.717) is 5.56 Å². The first-order valence-corrected chi connectivity index (χ1v) is 7.34. The van der Waals surface area contributed by atoms with Crippen molar-refractivity contribution in [2.75, 3.05) is 6.54 Å². The van der Waals surface area contributed by atoms with Gasteiger partial charge in [-0.3, -0.25) is 9.59 Å². The van der Waals surface area contributed by atoms with Crippen molar-refractivity contribution in [2.24, 2.45) is 5.73 Å². The van der Waals surface area contributed by atoms with Crippen molar-refractivity contribution in [1.29, 1.82) is 0 Å². The van der Waals surface area contributed by atoms with Gasteiger partial charge in [-0.05, 0) is 31.0 Å². The molecule has 7 nitrogen and oxygen atoms in total. The summed E-state index contributed by atoms with van der Waals surface area (Å²) in [5.41, 5.74) is 5.89. The molecule has 1 aromatic rings. The minimum absolute atomic E-state index is 0.00835. The number of carbonyl (C=O) groups is 2. The molecule has 0 radical (unpaired) electrons. The number of carbonyl (C=O) groups excluding carboxylic acids is 1. The van der Waals surface area contributed by atoms with Crippen LogP contribution in [0.1, 0.15) is 28.8 Å². The molecule has 1 rings (SSSR count). The summed E-state index contributed by atoms with van der Waals surface area (Å²) in [6.07, 6.45) is 0.0616. The molecule has 0 aromatic heterocycles. The van der Waals surface area contributed by atoms with Crippen LogP contribution in [0.4, 0.5) is 0 Å². The van der Waals surface area contributed by atoms with Crippen molar-refractivity contribution < 1.29 is 23.1 Å². The van der Waals surface area contributed by atoms with Crippen LogP contribution in [0, 0.1) is 6.92 Å². The number of nitrogens with one attached hydrogen (secondary N) is 1. The molecule has 0 aliphatic heterocycles. The van der Waals surface area contributed by atoms with Crippen LogP contribution in [0.25, 0.3) is 0 Å². The number of hydrogen-bond donors (Lipinski definition) is 3. The SMILES string of the molecule is Cc1ccc(S(=O)(=O)NCCCC(=O)O)cc1C(N)=O. The van der Waals surface area contributed by atoms with E-state index in [9.17, 15) is 18.0 Å². The van der Waals surface area contributed by atoms with Gasteiger partial charge >= 0.3 is 5.97 Å². The molecule has 1 amide bonds. The molecule has 1 aromatic carbocycles. The molecule has 0 saturated carbocycles. The number of carboxylic acids is 1. The predicted molar refractivity (Wildman–Crippen MR) is 71.8 cm³/mol. The number of aryl methyl sites for hydroxylation is 1. The Kier molecular flexibility index (Phi) is 5.23. The zero-order valence-corrected chi connectivity index (χ0v) is 11.7. The van der Waals surface area contributed by atoms with Gasteiger partial charge in [0.05, 0.1) is 4.90 Å². The monoisotopic (exact) mass is 300 g/mol. The van der Waals surface area contributed by atoms with Crippen molar-refractivity contribution in [3.05, 3.63) is 29.3 Å². The number of rotatable bonds is 7. The topological polar surface area (TPSA) is 127 Å². The molecule has 0 heterocycles. The number of aliphatic carboxylic acids is 1. The van der Waals surface area contributed by atoms with E-state index in [2.05, 4.69) is 4.72 Å². The highest BCUT2D eigenvalue weighted by Crippen LogP contribution is 2.15. The third-order valence-corrected chi connectivity index (χ3v) is 4.10. The third kappa shape index (κ3) is 4.32. The lowest BCUT2D eigenvalue weighted by atomic mass is 10.1. The minimum Gasteiger partial charge on any atom is -0.481 e. The Labute approximate surface area is 116 Å². The fourth-order valence-electron chi connectivity index (χ4n) is 1.56. The van der Waals surface area contributed by atoms with E-state index in [0.717, 1.165) is 0 Å². The summed E-state index contributed by atoms with van der Waals surface area (Å²) < 4.78 is 26.2. The smallest absolute Gasteiger partial charge is 0.303 e. The fraction of sp³-hybridized carbons (Fsp3) is 0.333. The maximum absolute atomic E-state index is 12.0. The van der Waals surface area contributed by atoms with Crippen LogP contribution >= 0.6 is 0 Å². The van der Waals surface area contributed by atoms with E-state index in [-0.39, 0.29) is 29.8 Å². The molecule has 0 saturated heterocycles. The Bertz CT molecular complexity index is 625. The van der Waals surface area contributed by atoms with E-state index in [4.69, 9.17) is 10.8 Å². The first-order valence-electron chi connectivity index (χ1n) is 5.86. The fourth-order valence-corrected chi connectivity index (χ4v) is 2.66. The Morgan fingerprint density at radius 3 is 2.55 bits per heavy atom. The van der Waals surface area contributed by atoms with Crippen LogP contribution in [0.15, 0.2) is 23.1 Å². The lowest BCUT2D eigenvalue weighted by molar-refractivity contribution is -0.137. The number of nitrogens with two attached hydrogens (primary N) is 1. The summed E-state index contributed by atoms with van der Waals surface area (Å²) in [7, 11) is -3.78. The number of sulfonamides is 1. The molecule has 0 spiro atoms. The Morgan fingerprint density at radius 1 is 1.35 bits per heavy atom. The van der Waals surface area contributed by atoms with Gasteiger partial charge in [0, 0.05) is 18.5 Å². The van der Waals surface area contributed by atoms with Gasteiger partial charge in [0.2, 0.25) is 15.9 Å². The van der Waals surface area contributed by atoms with Gasteiger partial charge in [0.25, 0.3) is 0 Å². The summed E-state index contributed by atoms with van der Waals surface area (Å²) in [4.78, 5) is 21.4. The second kappa shape index (κ2) is 6.49. The van der Waals surface area contributed by atoms with E-state index in [1.54, 1.807) is 6.92 Å². The van der Waals surface area contributed by atoms with Crippen LogP contribution in [0.3, 0.4) is 0 Å². The molecular formula is C12H16N2O5S. The summed E-state index contributed by atoms with van der Waals surface area (Å²) >= 11 is 0. The normalized spacial score (nSPS) is 11.2. The Morgan fingerprint density at radius 2 is 2.00 bits per heavy atom. The van der Waals surface area contributed by atoms with Gasteiger partial charge in [-0.2, -0.15) is 0 Å². The highest BCUT2D eigenvalue weighted by Gasteiger charge is 2.16. The average molecular weight is 300 g/mol. The first-order chi connectivity index (χ1) is 9.24. The Hall–Kier alpha value is -1.93. The number of amides is 1. The van der Waals surface area contributed by atoms with Crippen LogP contribution in [0.2, 0.25) is 0 Å². The van der Waals surface area contributed by atoms with Crippen molar-refractivity contribution >= 4 is 21.9 Å². The van der Waals surface area contributed by atoms with E-state index < -0.39 is 21.9 Å². The molecule has 20 heavy (non-hydrogen) atoms. The van der Waals surface area contributed by atoms with Gasteiger partial charge in [-0.15, -0.1) is 0 Å². The zero-order chi connectivity index (χ0) is 15.3. The van der Waals surface area contributed by atoms with Crippen LogP contribution < -0.4 is 10.5 Å². The van der Waals surface area contributed by atoms with Crippen molar-refractivity contribution in [3.63, 3.8) is 0 Å². The lowest BCUT2D eigenvalue weighted by Gasteiger charge is -2.08. The molecule has 0 aliphatic carbocycles. The molecule has 8 heteroatoms. The second-order valence-electron chi connectivity index (χ2n) is 4.24. The predicted octanol–water partition coefficient (Wildman–Crippen LogP) is 0.237. The molecule has 0 atom stereocenters. The molecule has 4 N–H and O–H groups in total. The van der Waals surface area contributed by atoms with Crippen molar-refractivity contribution in [2.45, 2.75) is 24.7 Å². The van der Waals surface area contributed by atoms with Gasteiger partial charge in [-0.25, -0.2) is 13.1 Å². The van der Waals surface area contributed by atoms with E-state index >= 15 is 0 Å².